The Bertz CT molecular complexity index is 1090. The van der Waals surface area contributed by atoms with Crippen molar-refractivity contribution < 1.29 is 18.7 Å². The summed E-state index contributed by atoms with van der Waals surface area (Å²) in [5.41, 5.74) is 2.96. The fourth-order valence-corrected chi connectivity index (χ4v) is 3.79. The van der Waals surface area contributed by atoms with E-state index in [1.54, 1.807) is 4.90 Å². The first kappa shape index (κ1) is 25.9. The lowest BCUT2D eigenvalue weighted by Gasteiger charge is -2.32. The highest BCUT2D eigenvalue weighted by atomic mass is 19.1. The summed E-state index contributed by atoms with van der Waals surface area (Å²) < 4.78 is 18.9. The average Bonchev–Trinajstić information content (AvgIpc) is 2.87. The van der Waals surface area contributed by atoms with Crippen molar-refractivity contribution in [3.8, 4) is 5.75 Å². The van der Waals surface area contributed by atoms with Crippen LogP contribution >= 0.6 is 0 Å². The summed E-state index contributed by atoms with van der Waals surface area (Å²) >= 11 is 0. The Balaban J connectivity index is 1.88. The van der Waals surface area contributed by atoms with Crippen molar-refractivity contribution in [3.05, 3.63) is 101 Å². The number of hydrogen-bond donors (Lipinski definition) is 1. The Morgan fingerprint density at radius 1 is 0.971 bits per heavy atom. The number of nitrogens with zero attached hydrogens (tertiary/aromatic N) is 1. The Labute approximate surface area is 206 Å². The van der Waals surface area contributed by atoms with Crippen molar-refractivity contribution in [1.82, 2.24) is 10.2 Å². The monoisotopic (exact) mass is 476 g/mol. The van der Waals surface area contributed by atoms with Gasteiger partial charge in [-0.05, 0) is 54.3 Å². The molecule has 0 heterocycles. The lowest BCUT2D eigenvalue weighted by Crippen LogP contribution is -2.52. The van der Waals surface area contributed by atoms with Crippen LogP contribution < -0.4 is 10.1 Å². The van der Waals surface area contributed by atoms with E-state index in [9.17, 15) is 14.0 Å². The van der Waals surface area contributed by atoms with Crippen LogP contribution in [-0.4, -0.2) is 35.9 Å². The topological polar surface area (TPSA) is 58.6 Å². The van der Waals surface area contributed by atoms with Gasteiger partial charge in [0.15, 0.2) is 6.61 Å². The second kappa shape index (κ2) is 13.3. The second-order valence-electron chi connectivity index (χ2n) is 8.54. The maximum absolute atomic E-state index is 13.5. The summed E-state index contributed by atoms with van der Waals surface area (Å²) in [5.74, 6) is -0.491. The first-order valence-electron chi connectivity index (χ1n) is 12.0. The largest absolute Gasteiger partial charge is 0.484 e. The van der Waals surface area contributed by atoms with Gasteiger partial charge in [-0.1, -0.05) is 67.9 Å². The Hall–Kier alpha value is -3.67. The fraction of sp³-hybridized carbons (Fsp3) is 0.310. The number of carbonyl (C=O) groups excluding carboxylic acids is 2. The van der Waals surface area contributed by atoms with Crippen molar-refractivity contribution in [2.45, 2.75) is 45.7 Å². The van der Waals surface area contributed by atoms with E-state index in [-0.39, 0.29) is 30.8 Å². The zero-order valence-electron chi connectivity index (χ0n) is 20.4. The summed E-state index contributed by atoms with van der Waals surface area (Å²) in [6, 6.07) is 22.3. The number of benzene rings is 3. The molecule has 5 nitrogen and oxygen atoms in total. The molecular weight excluding hydrogens is 443 g/mol. The van der Waals surface area contributed by atoms with Gasteiger partial charge < -0.3 is 15.0 Å². The molecule has 0 saturated carbocycles. The highest BCUT2D eigenvalue weighted by Gasteiger charge is 2.30. The second-order valence-corrected chi connectivity index (χ2v) is 8.54. The van der Waals surface area contributed by atoms with Crippen molar-refractivity contribution in [3.63, 3.8) is 0 Å². The van der Waals surface area contributed by atoms with Crippen molar-refractivity contribution >= 4 is 11.8 Å². The minimum absolute atomic E-state index is 0.189. The molecule has 0 aliphatic heterocycles. The van der Waals surface area contributed by atoms with Gasteiger partial charge in [0.1, 0.15) is 17.6 Å². The summed E-state index contributed by atoms with van der Waals surface area (Å²) in [6.45, 7) is 4.62. The molecule has 0 spiro atoms. The smallest absolute Gasteiger partial charge is 0.261 e. The lowest BCUT2D eigenvalue weighted by molar-refractivity contribution is -0.142. The number of ether oxygens (including phenoxy) is 1. The van der Waals surface area contributed by atoms with Gasteiger partial charge in [0.05, 0.1) is 0 Å². The molecule has 1 N–H and O–H groups in total. The van der Waals surface area contributed by atoms with Gasteiger partial charge in [-0.15, -0.1) is 0 Å². The molecule has 0 unspecified atom stereocenters. The zero-order chi connectivity index (χ0) is 25.0. The molecule has 35 heavy (non-hydrogen) atoms. The molecule has 0 saturated heterocycles. The summed E-state index contributed by atoms with van der Waals surface area (Å²) in [4.78, 5) is 28.5. The number of unbranched alkanes of at least 4 members (excludes halogenated alkanes) is 1. The van der Waals surface area contributed by atoms with E-state index in [0.29, 0.717) is 18.7 Å². The van der Waals surface area contributed by atoms with Crippen LogP contribution in [0.3, 0.4) is 0 Å². The van der Waals surface area contributed by atoms with Gasteiger partial charge in [0, 0.05) is 19.5 Å². The number of rotatable bonds is 12. The van der Waals surface area contributed by atoms with Gasteiger partial charge >= 0.3 is 0 Å². The Morgan fingerprint density at radius 2 is 1.66 bits per heavy atom. The third-order valence-corrected chi connectivity index (χ3v) is 5.88. The fourth-order valence-electron chi connectivity index (χ4n) is 3.79. The molecule has 3 aromatic carbocycles. The molecule has 3 aromatic rings. The van der Waals surface area contributed by atoms with Crippen LogP contribution in [0.4, 0.5) is 4.39 Å². The molecule has 0 aromatic heterocycles. The van der Waals surface area contributed by atoms with Gasteiger partial charge in [-0.2, -0.15) is 0 Å². The number of amides is 2. The van der Waals surface area contributed by atoms with Gasteiger partial charge in [0.25, 0.3) is 5.91 Å². The maximum atomic E-state index is 13.5. The standard InChI is InChI=1S/C29H33FN2O3/c1-3-4-18-31-29(34)27(19-23-11-6-5-7-12-23)32(20-24-13-9-8-10-22(24)2)28(33)21-35-26-16-14-25(30)15-17-26/h5-17,27H,3-4,18-21H2,1-2H3,(H,31,34)/t27-/m1/s1. The van der Waals surface area contributed by atoms with Crippen molar-refractivity contribution in [2.24, 2.45) is 0 Å². The first-order valence-corrected chi connectivity index (χ1v) is 12.0. The van der Waals surface area contributed by atoms with Gasteiger partial charge in [-0.3, -0.25) is 9.59 Å². The molecule has 0 aliphatic carbocycles. The van der Waals surface area contributed by atoms with Crippen LogP contribution in [0, 0.1) is 12.7 Å². The highest BCUT2D eigenvalue weighted by Crippen LogP contribution is 2.18. The normalized spacial score (nSPS) is 11.5. The quantitative estimate of drug-likeness (QED) is 0.372. The van der Waals surface area contributed by atoms with Gasteiger partial charge in [-0.25, -0.2) is 4.39 Å². The predicted octanol–water partition coefficient (Wildman–Crippen LogP) is 5.07. The third-order valence-electron chi connectivity index (χ3n) is 5.88. The molecular formula is C29H33FN2O3. The van der Waals surface area contributed by atoms with Crippen molar-refractivity contribution in [1.29, 1.82) is 0 Å². The van der Waals surface area contributed by atoms with Crippen molar-refractivity contribution in [2.75, 3.05) is 13.2 Å². The molecule has 184 valence electrons. The van der Waals surface area contributed by atoms with E-state index in [1.807, 2.05) is 61.5 Å². The summed E-state index contributed by atoms with van der Waals surface area (Å²) in [5, 5.41) is 3.00. The minimum Gasteiger partial charge on any atom is -0.484 e. The molecule has 0 radical (unpaired) electrons. The Kier molecular flexibility index (Phi) is 9.84. The van der Waals surface area contributed by atoms with E-state index in [1.165, 1.54) is 24.3 Å². The van der Waals surface area contributed by atoms with Crippen LogP contribution in [0.15, 0.2) is 78.9 Å². The zero-order valence-corrected chi connectivity index (χ0v) is 20.4. The minimum atomic E-state index is -0.710. The Morgan fingerprint density at radius 3 is 2.34 bits per heavy atom. The maximum Gasteiger partial charge on any atom is 0.261 e. The van der Waals surface area contributed by atoms with E-state index in [0.717, 1.165) is 29.5 Å². The van der Waals surface area contributed by atoms with Gasteiger partial charge in [0.2, 0.25) is 5.91 Å². The summed E-state index contributed by atoms with van der Waals surface area (Å²) in [6.07, 6.45) is 2.21. The number of nitrogens with one attached hydrogen (secondary N) is 1. The number of aryl methyl sites for hydroxylation is 1. The molecule has 1 atom stereocenters. The molecule has 0 bridgehead atoms. The average molecular weight is 477 g/mol. The predicted molar refractivity (Wildman–Crippen MR) is 135 cm³/mol. The first-order chi connectivity index (χ1) is 17.0. The van der Waals surface area contributed by atoms with Crippen LogP contribution in [0.25, 0.3) is 0 Å². The van der Waals surface area contributed by atoms with Crippen LogP contribution in [0.1, 0.15) is 36.5 Å². The van der Waals surface area contributed by atoms with E-state index >= 15 is 0 Å². The lowest BCUT2D eigenvalue weighted by atomic mass is 10.0. The number of hydrogen-bond acceptors (Lipinski definition) is 3. The highest BCUT2D eigenvalue weighted by molar-refractivity contribution is 5.88. The molecule has 3 rings (SSSR count). The van der Waals surface area contributed by atoms with E-state index in [2.05, 4.69) is 12.2 Å². The SMILES string of the molecule is CCCCNC(=O)[C@@H](Cc1ccccc1)N(Cc1ccccc1C)C(=O)COc1ccc(F)cc1. The molecule has 0 aliphatic rings. The van der Waals surface area contributed by atoms with E-state index in [4.69, 9.17) is 4.74 Å². The molecule has 0 fully saturated rings. The van der Waals surface area contributed by atoms with Crippen LogP contribution in [-0.2, 0) is 22.6 Å². The number of halogens is 1. The molecule has 6 heteroatoms. The van der Waals surface area contributed by atoms with Crippen LogP contribution in [0.2, 0.25) is 0 Å². The van der Waals surface area contributed by atoms with Crippen LogP contribution in [0.5, 0.6) is 5.75 Å². The molecule has 2 amide bonds. The van der Waals surface area contributed by atoms with E-state index < -0.39 is 6.04 Å². The third kappa shape index (κ3) is 7.95. The summed E-state index contributed by atoms with van der Waals surface area (Å²) in [7, 11) is 0. The number of carbonyl (C=O) groups is 2.